The minimum atomic E-state index is 0.279. The summed E-state index contributed by atoms with van der Waals surface area (Å²) >= 11 is 0. The van der Waals surface area contributed by atoms with E-state index in [2.05, 4.69) is 33.0 Å². The molecule has 0 bridgehead atoms. The first kappa shape index (κ1) is 15.4. The largest absolute Gasteiger partial charge is 0.312 e. The molecule has 0 radical (unpaired) electrons. The lowest BCUT2D eigenvalue weighted by atomic mass is 9.71. The highest BCUT2D eigenvalue weighted by Crippen LogP contribution is 2.40. The van der Waals surface area contributed by atoms with E-state index in [-0.39, 0.29) is 5.54 Å². The third kappa shape index (κ3) is 5.10. The van der Waals surface area contributed by atoms with Crippen molar-refractivity contribution in [2.75, 3.05) is 6.54 Å². The lowest BCUT2D eigenvalue weighted by Gasteiger charge is -2.38. The molecule has 2 aliphatic rings. The summed E-state index contributed by atoms with van der Waals surface area (Å²) in [6.07, 6.45) is 12.0. The van der Waals surface area contributed by atoms with Crippen molar-refractivity contribution in [3.05, 3.63) is 0 Å². The average molecular weight is 265 g/mol. The van der Waals surface area contributed by atoms with Gasteiger partial charge < -0.3 is 5.32 Å². The van der Waals surface area contributed by atoms with Crippen LogP contribution in [0.4, 0.5) is 0 Å². The fraction of sp³-hybridized carbons (Fsp3) is 1.00. The fourth-order valence-electron chi connectivity index (χ4n) is 4.23. The maximum atomic E-state index is 3.76. The molecule has 0 aromatic carbocycles. The predicted molar refractivity (Wildman–Crippen MR) is 84.3 cm³/mol. The van der Waals surface area contributed by atoms with Crippen LogP contribution in [0.15, 0.2) is 0 Å². The van der Waals surface area contributed by atoms with Crippen molar-refractivity contribution in [1.29, 1.82) is 0 Å². The van der Waals surface area contributed by atoms with Gasteiger partial charge in [0.1, 0.15) is 0 Å². The van der Waals surface area contributed by atoms with Gasteiger partial charge in [-0.3, -0.25) is 0 Å². The molecule has 1 heteroatoms. The molecule has 2 aliphatic carbocycles. The molecule has 112 valence electrons. The molecule has 0 aromatic rings. The molecule has 1 nitrogen and oxygen atoms in total. The summed E-state index contributed by atoms with van der Waals surface area (Å²) in [7, 11) is 0. The van der Waals surface area contributed by atoms with E-state index in [1.54, 1.807) is 0 Å². The van der Waals surface area contributed by atoms with Crippen molar-refractivity contribution in [3.8, 4) is 0 Å². The lowest BCUT2D eigenvalue weighted by molar-refractivity contribution is 0.148. The Morgan fingerprint density at radius 1 is 0.947 bits per heavy atom. The van der Waals surface area contributed by atoms with E-state index in [1.165, 1.54) is 57.9 Å². The highest BCUT2D eigenvalue weighted by atomic mass is 14.9. The van der Waals surface area contributed by atoms with Gasteiger partial charge in [0.25, 0.3) is 0 Å². The molecule has 2 saturated carbocycles. The number of hydrogen-bond donors (Lipinski definition) is 1. The molecule has 0 saturated heterocycles. The second kappa shape index (κ2) is 6.61. The lowest BCUT2D eigenvalue weighted by Crippen LogP contribution is -2.42. The van der Waals surface area contributed by atoms with Gasteiger partial charge >= 0.3 is 0 Å². The third-order valence-electron chi connectivity index (χ3n) is 5.41. The van der Waals surface area contributed by atoms with Gasteiger partial charge in [0.15, 0.2) is 0 Å². The number of rotatable bonds is 4. The molecule has 2 fully saturated rings. The maximum Gasteiger partial charge on any atom is 0.00966 e. The summed E-state index contributed by atoms with van der Waals surface area (Å²) in [5.41, 5.74) is 0.279. The van der Waals surface area contributed by atoms with Crippen LogP contribution in [0.2, 0.25) is 0 Å². The summed E-state index contributed by atoms with van der Waals surface area (Å²) in [5, 5.41) is 3.76. The third-order valence-corrected chi connectivity index (χ3v) is 5.41. The Bertz CT molecular complexity index is 259. The van der Waals surface area contributed by atoms with Crippen molar-refractivity contribution in [1.82, 2.24) is 5.32 Å². The van der Waals surface area contributed by atoms with E-state index >= 15 is 0 Å². The summed E-state index contributed by atoms with van der Waals surface area (Å²) < 4.78 is 0. The molecule has 3 atom stereocenters. The molecule has 0 aliphatic heterocycles. The van der Waals surface area contributed by atoms with Crippen LogP contribution in [-0.2, 0) is 0 Å². The Kier molecular flexibility index (Phi) is 5.34. The van der Waals surface area contributed by atoms with Gasteiger partial charge in [-0.1, -0.05) is 39.0 Å². The average Bonchev–Trinajstić information content (AvgIpc) is 2.79. The SMILES string of the molecule is CC1CCC(CNC(C)(C)C)C(CC2CCCC2)C1. The molecule has 0 amide bonds. The van der Waals surface area contributed by atoms with E-state index in [1.807, 2.05) is 0 Å². The van der Waals surface area contributed by atoms with Crippen molar-refractivity contribution in [2.45, 2.75) is 84.6 Å². The van der Waals surface area contributed by atoms with Crippen molar-refractivity contribution in [3.63, 3.8) is 0 Å². The van der Waals surface area contributed by atoms with Crippen molar-refractivity contribution < 1.29 is 0 Å². The summed E-state index contributed by atoms with van der Waals surface area (Å²) in [6, 6.07) is 0. The van der Waals surface area contributed by atoms with Gasteiger partial charge in [-0.15, -0.1) is 0 Å². The van der Waals surface area contributed by atoms with Crippen LogP contribution in [0.1, 0.15) is 79.1 Å². The minimum absolute atomic E-state index is 0.279. The maximum absolute atomic E-state index is 3.76. The van der Waals surface area contributed by atoms with Gasteiger partial charge in [-0.05, 0) is 70.3 Å². The summed E-state index contributed by atoms with van der Waals surface area (Å²) in [6.45, 7) is 10.6. The van der Waals surface area contributed by atoms with Crippen LogP contribution in [-0.4, -0.2) is 12.1 Å². The van der Waals surface area contributed by atoms with Gasteiger partial charge in [0.2, 0.25) is 0 Å². The van der Waals surface area contributed by atoms with Crippen molar-refractivity contribution >= 4 is 0 Å². The molecule has 3 unspecified atom stereocenters. The zero-order valence-electron chi connectivity index (χ0n) is 13.7. The summed E-state index contributed by atoms with van der Waals surface area (Å²) in [4.78, 5) is 0. The van der Waals surface area contributed by atoms with E-state index in [0.717, 1.165) is 23.7 Å². The van der Waals surface area contributed by atoms with E-state index in [4.69, 9.17) is 0 Å². The highest BCUT2D eigenvalue weighted by molar-refractivity contribution is 4.84. The Hall–Kier alpha value is -0.0400. The quantitative estimate of drug-likeness (QED) is 0.753. The Morgan fingerprint density at radius 2 is 1.63 bits per heavy atom. The highest BCUT2D eigenvalue weighted by Gasteiger charge is 2.31. The molecule has 0 aromatic heterocycles. The zero-order chi connectivity index (χ0) is 13.9. The Balaban J connectivity index is 1.86. The smallest absolute Gasteiger partial charge is 0.00966 e. The topological polar surface area (TPSA) is 12.0 Å². The van der Waals surface area contributed by atoms with Gasteiger partial charge in [-0.25, -0.2) is 0 Å². The first-order valence-electron chi connectivity index (χ1n) is 8.69. The van der Waals surface area contributed by atoms with Crippen LogP contribution in [0.5, 0.6) is 0 Å². The van der Waals surface area contributed by atoms with Crippen LogP contribution in [0, 0.1) is 23.7 Å². The molecule has 19 heavy (non-hydrogen) atoms. The predicted octanol–water partition coefficient (Wildman–Crippen LogP) is 5.01. The number of nitrogens with one attached hydrogen (secondary N) is 1. The van der Waals surface area contributed by atoms with Gasteiger partial charge in [0, 0.05) is 5.54 Å². The van der Waals surface area contributed by atoms with Crippen LogP contribution >= 0.6 is 0 Å². The second-order valence-corrected chi connectivity index (χ2v) is 8.46. The van der Waals surface area contributed by atoms with E-state index < -0.39 is 0 Å². The molecule has 2 rings (SSSR count). The second-order valence-electron chi connectivity index (χ2n) is 8.46. The first-order valence-corrected chi connectivity index (χ1v) is 8.69. The summed E-state index contributed by atoms with van der Waals surface area (Å²) in [5.74, 6) is 3.97. The van der Waals surface area contributed by atoms with Gasteiger partial charge in [-0.2, -0.15) is 0 Å². The van der Waals surface area contributed by atoms with Crippen LogP contribution in [0.3, 0.4) is 0 Å². The van der Waals surface area contributed by atoms with Crippen LogP contribution < -0.4 is 5.32 Å². The van der Waals surface area contributed by atoms with Crippen molar-refractivity contribution in [2.24, 2.45) is 23.7 Å². The zero-order valence-corrected chi connectivity index (χ0v) is 13.7. The molecule has 0 spiro atoms. The van der Waals surface area contributed by atoms with Crippen LogP contribution in [0.25, 0.3) is 0 Å². The molecule has 0 heterocycles. The monoisotopic (exact) mass is 265 g/mol. The molecular weight excluding hydrogens is 230 g/mol. The Morgan fingerprint density at radius 3 is 2.26 bits per heavy atom. The first-order chi connectivity index (χ1) is 8.94. The fourth-order valence-corrected chi connectivity index (χ4v) is 4.23. The number of hydrogen-bond acceptors (Lipinski definition) is 1. The standard InChI is InChI=1S/C18H35N/c1-14-9-10-16(13-19-18(2,3)4)17(11-14)12-15-7-5-6-8-15/h14-17,19H,5-13H2,1-4H3. The van der Waals surface area contributed by atoms with E-state index in [9.17, 15) is 0 Å². The molecule has 1 N–H and O–H groups in total. The normalized spacial score (nSPS) is 33.8. The van der Waals surface area contributed by atoms with E-state index in [0.29, 0.717) is 0 Å². The Labute approximate surface area is 120 Å². The van der Waals surface area contributed by atoms with Gasteiger partial charge in [0.05, 0.1) is 0 Å². The molecular formula is C18H35N. The minimum Gasteiger partial charge on any atom is -0.312 e.